The van der Waals surface area contributed by atoms with E-state index in [-0.39, 0.29) is 0 Å². The smallest absolute Gasteiger partial charge is 0.0658 e. The molecule has 1 aromatic rings. The second-order valence-corrected chi connectivity index (χ2v) is 2.90. The number of alkyl halides is 1. The normalized spacial score (nSPS) is 10.6. The first-order valence-corrected chi connectivity index (χ1v) is 4.39. The molecule has 0 spiro atoms. The molecular weight excluding hydrogens is 176 g/mol. The Morgan fingerprint density at radius 2 is 2.42 bits per heavy atom. The zero-order valence-electron chi connectivity index (χ0n) is 7.38. The van der Waals surface area contributed by atoms with Gasteiger partial charge < -0.3 is 4.74 Å². The Bertz CT molecular complexity index is 247. The van der Waals surface area contributed by atoms with Crippen molar-refractivity contribution in [1.29, 1.82) is 0 Å². The van der Waals surface area contributed by atoms with Crippen LogP contribution in [-0.2, 0) is 17.2 Å². The molecule has 68 valence electrons. The lowest BCUT2D eigenvalue weighted by Gasteiger charge is -1.97. The molecule has 0 aliphatic carbocycles. The third-order valence-corrected chi connectivity index (χ3v) is 2.00. The van der Waals surface area contributed by atoms with Crippen LogP contribution in [0.4, 0.5) is 0 Å². The van der Waals surface area contributed by atoms with Gasteiger partial charge in [0, 0.05) is 18.9 Å². The maximum atomic E-state index is 5.69. The fourth-order valence-electron chi connectivity index (χ4n) is 0.990. The zero-order chi connectivity index (χ0) is 8.97. The van der Waals surface area contributed by atoms with Crippen LogP contribution in [0.3, 0.4) is 0 Å². The van der Waals surface area contributed by atoms with E-state index in [1.54, 1.807) is 7.11 Å². The van der Waals surface area contributed by atoms with E-state index >= 15 is 0 Å². The average molecular weight is 189 g/mol. The van der Waals surface area contributed by atoms with Crippen molar-refractivity contribution in [1.82, 2.24) is 9.78 Å². The lowest BCUT2D eigenvalue weighted by molar-refractivity contribution is 0.183. The average Bonchev–Trinajstić information content (AvgIpc) is 2.43. The van der Waals surface area contributed by atoms with Gasteiger partial charge in [0.05, 0.1) is 24.7 Å². The lowest BCUT2D eigenvalue weighted by Crippen LogP contribution is -2.04. The molecule has 1 rings (SSSR count). The van der Waals surface area contributed by atoms with Crippen molar-refractivity contribution < 1.29 is 4.74 Å². The molecule has 0 N–H and O–H groups in total. The topological polar surface area (TPSA) is 27.1 Å². The van der Waals surface area contributed by atoms with E-state index in [9.17, 15) is 0 Å². The van der Waals surface area contributed by atoms with E-state index in [0.29, 0.717) is 12.5 Å². The molecular formula is C8H13ClN2O. The number of ether oxygens (including phenoxy) is 1. The summed E-state index contributed by atoms with van der Waals surface area (Å²) in [5.41, 5.74) is 2.09. The van der Waals surface area contributed by atoms with E-state index < -0.39 is 0 Å². The van der Waals surface area contributed by atoms with Gasteiger partial charge in [-0.2, -0.15) is 5.10 Å². The first kappa shape index (κ1) is 9.55. The molecule has 0 amide bonds. The van der Waals surface area contributed by atoms with Crippen molar-refractivity contribution in [3.8, 4) is 0 Å². The second-order valence-electron chi connectivity index (χ2n) is 2.63. The molecule has 0 saturated heterocycles. The Kier molecular flexibility index (Phi) is 3.56. The minimum Gasteiger partial charge on any atom is -0.383 e. The summed E-state index contributed by atoms with van der Waals surface area (Å²) in [6, 6.07) is 0. The summed E-state index contributed by atoms with van der Waals surface area (Å²) >= 11 is 5.69. The molecule has 3 nitrogen and oxygen atoms in total. The Labute approximate surface area is 77.3 Å². The predicted molar refractivity (Wildman–Crippen MR) is 48.4 cm³/mol. The number of hydrogen-bond donors (Lipinski definition) is 0. The first-order valence-electron chi connectivity index (χ1n) is 3.85. The molecule has 1 heterocycles. The second kappa shape index (κ2) is 4.48. The van der Waals surface area contributed by atoms with Crippen molar-refractivity contribution in [3.05, 3.63) is 17.5 Å². The number of rotatable bonds is 4. The summed E-state index contributed by atoms with van der Waals surface area (Å²) in [6.45, 7) is 3.43. The zero-order valence-corrected chi connectivity index (χ0v) is 8.14. The van der Waals surface area contributed by atoms with Gasteiger partial charge >= 0.3 is 0 Å². The minimum atomic E-state index is 0.527. The number of aromatic nitrogens is 2. The molecule has 0 unspecified atom stereocenters. The third-order valence-electron chi connectivity index (χ3n) is 1.72. The number of hydrogen-bond acceptors (Lipinski definition) is 2. The largest absolute Gasteiger partial charge is 0.383 e. The number of aryl methyl sites for hydroxylation is 1. The highest BCUT2D eigenvalue weighted by molar-refractivity contribution is 6.17. The van der Waals surface area contributed by atoms with Gasteiger partial charge in [0.2, 0.25) is 0 Å². The van der Waals surface area contributed by atoms with Crippen molar-refractivity contribution >= 4 is 11.6 Å². The summed E-state index contributed by atoms with van der Waals surface area (Å²) < 4.78 is 6.79. The number of methoxy groups -OCH3 is 1. The highest BCUT2D eigenvalue weighted by atomic mass is 35.5. The van der Waals surface area contributed by atoms with Gasteiger partial charge in [0.1, 0.15) is 0 Å². The van der Waals surface area contributed by atoms with Gasteiger partial charge in [-0.3, -0.25) is 4.68 Å². The van der Waals surface area contributed by atoms with Crippen molar-refractivity contribution in [2.45, 2.75) is 19.3 Å². The van der Waals surface area contributed by atoms with E-state index in [4.69, 9.17) is 16.3 Å². The maximum Gasteiger partial charge on any atom is 0.0658 e. The quantitative estimate of drug-likeness (QED) is 0.671. The first-order chi connectivity index (χ1) is 5.77. The SMILES string of the molecule is COCCn1cc(CCl)c(C)n1. The van der Waals surface area contributed by atoms with Crippen LogP contribution in [0.5, 0.6) is 0 Å². The van der Waals surface area contributed by atoms with Crippen LogP contribution < -0.4 is 0 Å². The Hall–Kier alpha value is -0.540. The molecule has 1 aromatic heterocycles. The van der Waals surface area contributed by atoms with E-state index in [1.807, 2.05) is 17.8 Å². The lowest BCUT2D eigenvalue weighted by atomic mass is 10.3. The summed E-state index contributed by atoms with van der Waals surface area (Å²) in [5.74, 6) is 0.527. The van der Waals surface area contributed by atoms with Gasteiger partial charge in [-0.25, -0.2) is 0 Å². The van der Waals surface area contributed by atoms with Crippen molar-refractivity contribution in [2.75, 3.05) is 13.7 Å². The molecule has 0 bridgehead atoms. The van der Waals surface area contributed by atoms with Crippen LogP contribution in [0.1, 0.15) is 11.3 Å². The summed E-state index contributed by atoms with van der Waals surface area (Å²) in [5, 5.41) is 4.27. The van der Waals surface area contributed by atoms with Crippen LogP contribution >= 0.6 is 11.6 Å². The van der Waals surface area contributed by atoms with Crippen LogP contribution in [-0.4, -0.2) is 23.5 Å². The Morgan fingerprint density at radius 3 is 2.92 bits per heavy atom. The molecule has 12 heavy (non-hydrogen) atoms. The molecule has 0 aromatic carbocycles. The Morgan fingerprint density at radius 1 is 1.67 bits per heavy atom. The van der Waals surface area contributed by atoms with Crippen molar-refractivity contribution in [2.24, 2.45) is 0 Å². The fraction of sp³-hybridized carbons (Fsp3) is 0.625. The number of halogens is 1. The fourth-order valence-corrected chi connectivity index (χ4v) is 1.25. The highest BCUT2D eigenvalue weighted by Crippen LogP contribution is 2.07. The maximum absolute atomic E-state index is 5.69. The molecule has 0 radical (unpaired) electrons. The standard InChI is InChI=1S/C8H13ClN2O/c1-7-8(5-9)6-11(10-7)3-4-12-2/h6H,3-5H2,1-2H3. The van der Waals surface area contributed by atoms with E-state index in [1.165, 1.54) is 0 Å². The number of nitrogens with zero attached hydrogens (tertiary/aromatic N) is 2. The van der Waals surface area contributed by atoms with Gasteiger partial charge in [-0.05, 0) is 6.92 Å². The van der Waals surface area contributed by atoms with E-state index in [0.717, 1.165) is 17.8 Å². The van der Waals surface area contributed by atoms with Crippen LogP contribution in [0.25, 0.3) is 0 Å². The van der Waals surface area contributed by atoms with Gasteiger partial charge in [-0.1, -0.05) is 0 Å². The van der Waals surface area contributed by atoms with Crippen LogP contribution in [0, 0.1) is 6.92 Å². The predicted octanol–water partition coefficient (Wildman–Crippen LogP) is 1.58. The summed E-state index contributed by atoms with van der Waals surface area (Å²) in [6.07, 6.45) is 1.96. The van der Waals surface area contributed by atoms with Gasteiger partial charge in [0.25, 0.3) is 0 Å². The molecule has 4 heteroatoms. The van der Waals surface area contributed by atoms with Crippen molar-refractivity contribution in [3.63, 3.8) is 0 Å². The summed E-state index contributed by atoms with van der Waals surface area (Å²) in [7, 11) is 1.68. The molecule has 0 saturated carbocycles. The highest BCUT2D eigenvalue weighted by Gasteiger charge is 2.02. The van der Waals surface area contributed by atoms with Crippen LogP contribution in [0.15, 0.2) is 6.20 Å². The molecule has 0 aliphatic rings. The monoisotopic (exact) mass is 188 g/mol. The minimum absolute atomic E-state index is 0.527. The molecule has 0 aliphatic heterocycles. The van der Waals surface area contributed by atoms with Gasteiger partial charge in [-0.15, -0.1) is 11.6 Å². The van der Waals surface area contributed by atoms with Gasteiger partial charge in [0.15, 0.2) is 0 Å². The van der Waals surface area contributed by atoms with E-state index in [2.05, 4.69) is 5.10 Å². The third kappa shape index (κ3) is 2.22. The summed E-state index contributed by atoms with van der Waals surface area (Å²) in [4.78, 5) is 0. The van der Waals surface area contributed by atoms with Crippen LogP contribution in [0.2, 0.25) is 0 Å². The molecule has 0 atom stereocenters. The molecule has 0 fully saturated rings. The Balaban J connectivity index is 2.62.